The Morgan fingerprint density at radius 3 is 2.31 bits per heavy atom. The molecule has 4 atom stereocenters. The Kier molecular flexibility index (Phi) is 5.36. The van der Waals surface area contributed by atoms with Gasteiger partial charge in [-0.25, -0.2) is 0 Å². The molecule has 4 nitrogen and oxygen atoms in total. The minimum absolute atomic E-state index is 0.392. The molecule has 0 amide bonds. The molecule has 0 radical (unpaired) electrons. The molecule has 1 aliphatic heterocycles. The number of halogens is 2. The lowest BCUT2D eigenvalue weighted by Gasteiger charge is -2.38. The second-order valence-corrected chi connectivity index (χ2v) is 11.1. The van der Waals surface area contributed by atoms with Crippen LogP contribution in [-0.2, 0) is 24.7 Å². The van der Waals surface area contributed by atoms with Crippen LogP contribution in [-0.4, -0.2) is 24.0 Å². The molecule has 3 aromatic carbocycles. The number of rotatable bonds is 3. The van der Waals surface area contributed by atoms with Crippen LogP contribution < -0.4 is 0 Å². The first-order valence-corrected chi connectivity index (χ1v) is 12.4. The van der Waals surface area contributed by atoms with Gasteiger partial charge in [-0.1, -0.05) is 80.4 Å². The van der Waals surface area contributed by atoms with Crippen LogP contribution >= 0.6 is 43.6 Å². The molecule has 2 aliphatic rings. The maximum absolute atomic E-state index is 14.3. The largest absolute Gasteiger partial charge is 0.469 e. The van der Waals surface area contributed by atoms with Crippen LogP contribution in [0.1, 0.15) is 22.6 Å². The number of esters is 1. The molecule has 1 heterocycles. The van der Waals surface area contributed by atoms with Gasteiger partial charge < -0.3 is 9.84 Å². The summed E-state index contributed by atoms with van der Waals surface area (Å²) in [5, 5.41) is 12.1. The monoisotopic (exact) mass is 572 g/mol. The maximum atomic E-state index is 14.3. The smallest absolute Gasteiger partial charge is 0.313 e. The lowest BCUT2D eigenvalue weighted by atomic mass is 9.76. The first-order chi connectivity index (χ1) is 15.3. The molecule has 1 fully saturated rings. The predicted octanol–water partition coefficient (Wildman–Crippen LogP) is 5.56. The highest BCUT2D eigenvalue weighted by molar-refractivity contribution is 9.10. The van der Waals surface area contributed by atoms with Gasteiger partial charge in [-0.15, -0.1) is 11.8 Å². The normalized spacial score (nSPS) is 28.3. The van der Waals surface area contributed by atoms with Crippen LogP contribution in [0.5, 0.6) is 0 Å². The minimum atomic E-state index is -2.01. The van der Waals surface area contributed by atoms with Crippen molar-refractivity contribution in [1.82, 2.24) is 0 Å². The predicted molar refractivity (Wildman–Crippen MR) is 129 cm³/mol. The van der Waals surface area contributed by atoms with Gasteiger partial charge in [0.2, 0.25) is 0 Å². The van der Waals surface area contributed by atoms with E-state index in [2.05, 4.69) is 31.9 Å². The molecule has 0 unspecified atom stereocenters. The fraction of sp³-hybridized carbons (Fsp3) is 0.200. The lowest BCUT2D eigenvalue weighted by molar-refractivity contribution is -0.160. The fourth-order valence-electron chi connectivity index (χ4n) is 5.10. The first kappa shape index (κ1) is 21.9. The van der Waals surface area contributed by atoms with Gasteiger partial charge in [0.25, 0.3) is 0 Å². The van der Waals surface area contributed by atoms with E-state index in [1.165, 1.54) is 18.9 Å². The van der Waals surface area contributed by atoms with E-state index >= 15 is 0 Å². The number of carbonyl (C=O) groups is 2. The number of ether oxygens (including phenoxy) is 1. The van der Waals surface area contributed by atoms with Gasteiger partial charge in [0, 0.05) is 25.3 Å². The van der Waals surface area contributed by atoms with Crippen molar-refractivity contribution in [2.45, 2.75) is 21.2 Å². The number of thioether (sulfide) groups is 1. The second kappa shape index (κ2) is 7.83. The highest BCUT2D eigenvalue weighted by atomic mass is 79.9. The number of fused-ring (bicyclic) bond motifs is 4. The van der Waals surface area contributed by atoms with Crippen LogP contribution in [0.2, 0.25) is 0 Å². The Bertz CT molecular complexity index is 1230. The summed E-state index contributed by atoms with van der Waals surface area (Å²) in [5.74, 6) is -2.73. The molecule has 0 spiro atoms. The van der Waals surface area contributed by atoms with Gasteiger partial charge in [0.15, 0.2) is 11.4 Å². The Morgan fingerprint density at radius 2 is 1.66 bits per heavy atom. The molecule has 2 bridgehead atoms. The molecule has 3 aromatic rings. The average Bonchev–Trinajstić information content (AvgIpc) is 2.93. The van der Waals surface area contributed by atoms with Crippen molar-refractivity contribution < 1.29 is 19.4 Å². The Morgan fingerprint density at radius 1 is 1.00 bits per heavy atom. The molecule has 5 rings (SSSR count). The number of hydrogen-bond acceptors (Lipinski definition) is 5. The molecule has 1 N–H and O–H groups in total. The quantitative estimate of drug-likeness (QED) is 0.416. The third-order valence-corrected chi connectivity index (χ3v) is 8.99. The van der Waals surface area contributed by atoms with E-state index in [0.717, 1.165) is 25.0 Å². The molecule has 162 valence electrons. The van der Waals surface area contributed by atoms with Crippen molar-refractivity contribution in [3.05, 3.63) is 98.4 Å². The summed E-state index contributed by atoms with van der Waals surface area (Å²) >= 11 is 8.37. The van der Waals surface area contributed by atoms with Crippen LogP contribution in [0.3, 0.4) is 0 Å². The minimum Gasteiger partial charge on any atom is -0.469 e. The summed E-state index contributed by atoms with van der Waals surface area (Å²) in [4.78, 5) is 28.3. The number of benzene rings is 3. The van der Waals surface area contributed by atoms with Gasteiger partial charge in [-0.2, -0.15) is 0 Å². The molecule has 1 aliphatic carbocycles. The summed E-state index contributed by atoms with van der Waals surface area (Å²) in [6.45, 7) is 0. The zero-order valence-electron chi connectivity index (χ0n) is 16.9. The van der Waals surface area contributed by atoms with Crippen molar-refractivity contribution in [1.29, 1.82) is 0 Å². The van der Waals surface area contributed by atoms with Gasteiger partial charge >= 0.3 is 5.97 Å². The summed E-state index contributed by atoms with van der Waals surface area (Å²) in [6, 6.07) is 22.4. The topological polar surface area (TPSA) is 63.6 Å². The van der Waals surface area contributed by atoms with Gasteiger partial charge in [-0.3, -0.25) is 9.59 Å². The zero-order valence-corrected chi connectivity index (χ0v) is 20.9. The van der Waals surface area contributed by atoms with E-state index in [1.54, 1.807) is 12.1 Å². The SMILES string of the molecule is COC(=O)[C@H]1[C@@H](c2ccccc2)[C@@]2(c3ccc(Br)cc3)Sc3cc(Br)ccc3[C@@]1(O)C2=O. The molecule has 7 heteroatoms. The third kappa shape index (κ3) is 2.91. The third-order valence-electron chi connectivity index (χ3n) is 6.42. The van der Waals surface area contributed by atoms with Crippen LogP contribution in [0.25, 0.3) is 0 Å². The van der Waals surface area contributed by atoms with Gasteiger partial charge in [0.05, 0.1) is 7.11 Å². The van der Waals surface area contributed by atoms with Crippen molar-refractivity contribution in [2.75, 3.05) is 7.11 Å². The maximum Gasteiger partial charge on any atom is 0.313 e. The lowest BCUT2D eigenvalue weighted by Crippen LogP contribution is -2.46. The Balaban J connectivity index is 1.89. The molecule has 0 aromatic heterocycles. The van der Waals surface area contributed by atoms with Crippen LogP contribution in [0.4, 0.5) is 0 Å². The van der Waals surface area contributed by atoms with E-state index in [1.807, 2.05) is 60.7 Å². The molecular weight excluding hydrogens is 556 g/mol. The number of methoxy groups -OCH3 is 1. The van der Waals surface area contributed by atoms with E-state index < -0.39 is 33.9 Å². The van der Waals surface area contributed by atoms with Gasteiger partial charge in [0.1, 0.15) is 10.7 Å². The molecule has 0 saturated heterocycles. The molecule has 32 heavy (non-hydrogen) atoms. The van der Waals surface area contributed by atoms with Crippen LogP contribution in [0, 0.1) is 5.92 Å². The second-order valence-electron chi connectivity index (χ2n) is 7.97. The van der Waals surface area contributed by atoms with E-state index in [9.17, 15) is 14.7 Å². The highest BCUT2D eigenvalue weighted by Crippen LogP contribution is 2.70. The standard InChI is InChI=1S/C25H18Br2O4S/c1-31-22(28)21-20(14-5-3-2-4-6-14)25(15-7-9-16(26)10-8-15)23(29)24(21,30)18-12-11-17(27)13-19(18)32-25/h2-13,20-21,30H,1H3/t20-,21-,24+,25-/m1/s1. The van der Waals surface area contributed by atoms with Crippen LogP contribution in [0.15, 0.2) is 86.6 Å². The highest BCUT2D eigenvalue weighted by Gasteiger charge is 2.74. The average molecular weight is 574 g/mol. The number of carbonyl (C=O) groups excluding carboxylic acids is 2. The first-order valence-electron chi connectivity index (χ1n) is 9.99. The number of aliphatic hydroxyl groups is 1. The summed E-state index contributed by atoms with van der Waals surface area (Å²) in [6.07, 6.45) is 0. The van der Waals surface area contributed by atoms with Gasteiger partial charge in [-0.05, 0) is 35.4 Å². The molecule has 1 saturated carbocycles. The van der Waals surface area contributed by atoms with Crippen molar-refractivity contribution in [2.24, 2.45) is 5.92 Å². The van der Waals surface area contributed by atoms with E-state index in [-0.39, 0.29) is 0 Å². The van der Waals surface area contributed by atoms with Crippen molar-refractivity contribution >= 4 is 55.4 Å². The Labute approximate surface area is 206 Å². The van der Waals surface area contributed by atoms with Crippen molar-refractivity contribution in [3.8, 4) is 0 Å². The van der Waals surface area contributed by atoms with E-state index in [0.29, 0.717) is 5.56 Å². The number of hydrogen-bond donors (Lipinski definition) is 1. The van der Waals surface area contributed by atoms with E-state index in [4.69, 9.17) is 4.74 Å². The summed E-state index contributed by atoms with van der Waals surface area (Å²) in [5.41, 5.74) is -0.0335. The number of ketones is 1. The Hall–Kier alpha value is -1.93. The summed E-state index contributed by atoms with van der Waals surface area (Å²) < 4.78 is 5.67. The number of Topliss-reactive ketones (excluding diaryl/α,β-unsaturated/α-hetero) is 1. The zero-order chi connectivity index (χ0) is 22.7. The fourth-order valence-corrected chi connectivity index (χ4v) is 7.64. The summed E-state index contributed by atoms with van der Waals surface area (Å²) in [7, 11) is 1.29. The molecular formula is C25H18Br2O4S. The van der Waals surface area contributed by atoms with Crippen molar-refractivity contribution in [3.63, 3.8) is 0 Å².